The van der Waals surface area contributed by atoms with Crippen molar-refractivity contribution in [3.05, 3.63) is 0 Å². The smallest absolute Gasteiger partial charge is 0.223 e. The molecule has 1 aliphatic rings. The maximum Gasteiger partial charge on any atom is 0.223 e. The van der Waals surface area contributed by atoms with Gasteiger partial charge >= 0.3 is 0 Å². The van der Waals surface area contributed by atoms with Crippen molar-refractivity contribution < 1.29 is 14.6 Å². The van der Waals surface area contributed by atoms with Crippen molar-refractivity contribution in [3.8, 4) is 0 Å². The van der Waals surface area contributed by atoms with Gasteiger partial charge in [0.15, 0.2) is 0 Å². The number of rotatable bonds is 7. The van der Waals surface area contributed by atoms with Gasteiger partial charge in [-0.25, -0.2) is 0 Å². The first kappa shape index (κ1) is 13.5. The normalized spacial score (nSPS) is 22.9. The van der Waals surface area contributed by atoms with Gasteiger partial charge in [0.05, 0.1) is 12.7 Å². The number of carbonyl (C=O) groups excluding carboxylic acids is 1. The minimum atomic E-state index is -0.509. The van der Waals surface area contributed by atoms with E-state index in [1.807, 2.05) is 0 Å². The van der Waals surface area contributed by atoms with Crippen LogP contribution in [0.4, 0.5) is 0 Å². The van der Waals surface area contributed by atoms with Crippen molar-refractivity contribution in [2.45, 2.75) is 45.1 Å². The van der Waals surface area contributed by atoms with Crippen LogP contribution in [0, 0.1) is 5.92 Å². The van der Waals surface area contributed by atoms with E-state index in [0.717, 1.165) is 32.2 Å². The van der Waals surface area contributed by atoms with Crippen molar-refractivity contribution in [3.63, 3.8) is 0 Å². The maximum absolute atomic E-state index is 11.4. The standard InChI is InChI=1S/C12H23NO3/c1-2-3-7-16-9-11(14)8-10-5-4-6-13-12(10)15/h10-11,14H,2-9H2,1H3,(H,13,15). The van der Waals surface area contributed by atoms with Crippen LogP contribution in [0.3, 0.4) is 0 Å². The van der Waals surface area contributed by atoms with Crippen molar-refractivity contribution in [2.24, 2.45) is 5.92 Å². The first-order valence-corrected chi connectivity index (χ1v) is 6.27. The van der Waals surface area contributed by atoms with E-state index < -0.39 is 6.10 Å². The molecule has 0 aromatic heterocycles. The molecule has 0 aromatic rings. The summed E-state index contributed by atoms with van der Waals surface area (Å²) in [5.74, 6) is 0.0531. The number of nitrogens with one attached hydrogen (secondary N) is 1. The zero-order chi connectivity index (χ0) is 11.8. The van der Waals surface area contributed by atoms with Crippen molar-refractivity contribution in [1.29, 1.82) is 0 Å². The van der Waals surface area contributed by atoms with Gasteiger partial charge in [0, 0.05) is 19.1 Å². The Hall–Kier alpha value is -0.610. The fraction of sp³-hybridized carbons (Fsp3) is 0.917. The van der Waals surface area contributed by atoms with Gasteiger partial charge in [-0.2, -0.15) is 0 Å². The fourth-order valence-electron chi connectivity index (χ4n) is 1.92. The number of piperidine rings is 1. The maximum atomic E-state index is 11.4. The summed E-state index contributed by atoms with van der Waals surface area (Å²) in [4.78, 5) is 11.4. The van der Waals surface area contributed by atoms with Crippen LogP contribution in [-0.4, -0.2) is 36.9 Å². The third-order valence-electron chi connectivity index (χ3n) is 2.91. The third kappa shape index (κ3) is 4.94. The van der Waals surface area contributed by atoms with Crippen molar-refractivity contribution in [2.75, 3.05) is 19.8 Å². The van der Waals surface area contributed by atoms with Gasteiger partial charge in [-0.3, -0.25) is 4.79 Å². The van der Waals surface area contributed by atoms with Gasteiger partial charge in [0.2, 0.25) is 5.91 Å². The lowest BCUT2D eigenvalue weighted by Gasteiger charge is -2.23. The molecule has 16 heavy (non-hydrogen) atoms. The lowest BCUT2D eigenvalue weighted by Crippen LogP contribution is -2.38. The summed E-state index contributed by atoms with van der Waals surface area (Å²) in [6.45, 7) is 3.93. The van der Waals surface area contributed by atoms with E-state index in [1.165, 1.54) is 0 Å². The second-order valence-electron chi connectivity index (χ2n) is 4.45. The minimum absolute atomic E-state index is 0.0291. The van der Waals surface area contributed by atoms with Crippen LogP contribution < -0.4 is 5.32 Å². The van der Waals surface area contributed by atoms with Crippen LogP contribution in [0.15, 0.2) is 0 Å². The number of carbonyl (C=O) groups is 1. The first-order valence-electron chi connectivity index (χ1n) is 6.27. The summed E-state index contributed by atoms with van der Waals surface area (Å²) < 4.78 is 5.33. The Balaban J connectivity index is 2.12. The third-order valence-corrected chi connectivity index (χ3v) is 2.91. The second kappa shape index (κ2) is 7.63. The van der Waals surface area contributed by atoms with E-state index in [2.05, 4.69) is 12.2 Å². The summed E-state index contributed by atoms with van der Waals surface area (Å²) in [5.41, 5.74) is 0. The number of hydrogen-bond donors (Lipinski definition) is 2. The van der Waals surface area contributed by atoms with Gasteiger partial charge in [0.25, 0.3) is 0 Å². The molecule has 0 aromatic carbocycles. The molecule has 2 unspecified atom stereocenters. The quantitative estimate of drug-likeness (QED) is 0.642. The average Bonchev–Trinajstić information content (AvgIpc) is 2.28. The summed E-state index contributed by atoms with van der Waals surface area (Å²) in [7, 11) is 0. The molecule has 1 saturated heterocycles. The Morgan fingerprint density at radius 2 is 2.44 bits per heavy atom. The van der Waals surface area contributed by atoms with Gasteiger partial charge in [-0.05, 0) is 25.7 Å². The Bertz CT molecular complexity index is 208. The van der Waals surface area contributed by atoms with Crippen LogP contribution >= 0.6 is 0 Å². The van der Waals surface area contributed by atoms with E-state index in [1.54, 1.807) is 0 Å². The highest BCUT2D eigenvalue weighted by Gasteiger charge is 2.24. The monoisotopic (exact) mass is 229 g/mol. The largest absolute Gasteiger partial charge is 0.391 e. The molecule has 1 heterocycles. The number of unbranched alkanes of at least 4 members (excludes halogenated alkanes) is 1. The Morgan fingerprint density at radius 3 is 3.12 bits per heavy atom. The molecule has 1 fully saturated rings. The molecule has 4 nitrogen and oxygen atoms in total. The van der Waals surface area contributed by atoms with Crippen LogP contribution in [0.2, 0.25) is 0 Å². The molecule has 0 saturated carbocycles. The van der Waals surface area contributed by atoms with Crippen LogP contribution in [0.5, 0.6) is 0 Å². The lowest BCUT2D eigenvalue weighted by molar-refractivity contribution is -0.128. The van der Waals surface area contributed by atoms with Gasteiger partial charge in [-0.1, -0.05) is 13.3 Å². The molecule has 94 valence electrons. The highest BCUT2D eigenvalue weighted by atomic mass is 16.5. The topological polar surface area (TPSA) is 58.6 Å². The van der Waals surface area contributed by atoms with E-state index in [0.29, 0.717) is 19.6 Å². The number of amides is 1. The van der Waals surface area contributed by atoms with E-state index in [4.69, 9.17) is 4.74 Å². The highest BCUT2D eigenvalue weighted by molar-refractivity contribution is 5.79. The molecule has 0 spiro atoms. The number of aliphatic hydroxyl groups excluding tert-OH is 1. The molecule has 0 bridgehead atoms. The lowest BCUT2D eigenvalue weighted by atomic mass is 9.93. The summed E-state index contributed by atoms with van der Waals surface area (Å²) in [5, 5.41) is 12.5. The molecule has 1 rings (SSSR count). The zero-order valence-corrected chi connectivity index (χ0v) is 10.1. The van der Waals surface area contributed by atoms with Crippen LogP contribution in [0.1, 0.15) is 39.0 Å². The molecule has 0 radical (unpaired) electrons. The Kier molecular flexibility index (Phi) is 6.42. The van der Waals surface area contributed by atoms with Crippen molar-refractivity contribution in [1.82, 2.24) is 5.32 Å². The summed E-state index contributed by atoms with van der Waals surface area (Å²) in [6, 6.07) is 0. The van der Waals surface area contributed by atoms with E-state index in [-0.39, 0.29) is 11.8 Å². The van der Waals surface area contributed by atoms with E-state index >= 15 is 0 Å². The minimum Gasteiger partial charge on any atom is -0.391 e. The molecule has 2 N–H and O–H groups in total. The van der Waals surface area contributed by atoms with Gasteiger partial charge in [-0.15, -0.1) is 0 Å². The molecular weight excluding hydrogens is 206 g/mol. The average molecular weight is 229 g/mol. The zero-order valence-electron chi connectivity index (χ0n) is 10.1. The van der Waals surface area contributed by atoms with Crippen molar-refractivity contribution >= 4 is 5.91 Å². The molecule has 4 heteroatoms. The molecule has 1 amide bonds. The summed E-state index contributed by atoms with van der Waals surface area (Å²) >= 11 is 0. The summed E-state index contributed by atoms with van der Waals surface area (Å²) in [6.07, 6.45) is 4.04. The number of hydrogen-bond acceptors (Lipinski definition) is 3. The SMILES string of the molecule is CCCCOCC(O)CC1CCCNC1=O. The molecule has 0 aliphatic carbocycles. The predicted octanol–water partition coefficient (Wildman–Crippen LogP) is 1.08. The van der Waals surface area contributed by atoms with Crippen LogP contribution in [-0.2, 0) is 9.53 Å². The fourth-order valence-corrected chi connectivity index (χ4v) is 1.92. The predicted molar refractivity (Wildman–Crippen MR) is 62.1 cm³/mol. The Labute approximate surface area is 97.4 Å². The highest BCUT2D eigenvalue weighted by Crippen LogP contribution is 2.17. The first-order chi connectivity index (χ1) is 7.74. The second-order valence-corrected chi connectivity index (χ2v) is 4.45. The van der Waals surface area contributed by atoms with E-state index in [9.17, 15) is 9.90 Å². The molecule has 2 atom stereocenters. The number of ether oxygens (including phenoxy) is 1. The Morgan fingerprint density at radius 1 is 1.62 bits per heavy atom. The molecule has 1 aliphatic heterocycles. The van der Waals surface area contributed by atoms with Gasteiger partial charge in [0.1, 0.15) is 0 Å². The molecular formula is C12H23NO3. The van der Waals surface area contributed by atoms with Crippen LogP contribution in [0.25, 0.3) is 0 Å². The number of aliphatic hydroxyl groups is 1. The van der Waals surface area contributed by atoms with Gasteiger partial charge < -0.3 is 15.2 Å².